The number of hydrogen-bond donors (Lipinski definition) is 0. The molecular formula is C9H10ClNS. The molecule has 0 N–H and O–H groups in total. The maximum atomic E-state index is 8.80. The van der Waals surface area contributed by atoms with Crippen molar-refractivity contribution in [1.29, 1.82) is 5.26 Å². The Hall–Kier alpha value is -0.520. The summed E-state index contributed by atoms with van der Waals surface area (Å²) in [5.41, 5.74) is -0.311. The normalized spacial score (nSPS) is 11.2. The number of hydrogen-bond acceptors (Lipinski definition) is 2. The molecule has 1 aromatic rings. The third-order valence-electron chi connectivity index (χ3n) is 1.60. The highest BCUT2D eigenvalue weighted by molar-refractivity contribution is 7.10. The van der Waals surface area contributed by atoms with E-state index in [9.17, 15) is 0 Å². The average molecular weight is 200 g/mol. The molecule has 0 atom stereocenters. The second kappa shape index (κ2) is 3.47. The third-order valence-corrected chi connectivity index (χ3v) is 2.98. The van der Waals surface area contributed by atoms with Crippen LogP contribution < -0.4 is 0 Å². The van der Waals surface area contributed by atoms with Gasteiger partial charge in [-0.2, -0.15) is 5.26 Å². The molecule has 0 aliphatic rings. The monoisotopic (exact) mass is 199 g/mol. The van der Waals surface area contributed by atoms with E-state index >= 15 is 0 Å². The van der Waals surface area contributed by atoms with E-state index in [2.05, 4.69) is 6.07 Å². The molecule has 0 aliphatic heterocycles. The van der Waals surface area contributed by atoms with Gasteiger partial charge in [-0.05, 0) is 25.3 Å². The topological polar surface area (TPSA) is 23.8 Å². The van der Waals surface area contributed by atoms with Crippen molar-refractivity contribution in [3.05, 3.63) is 21.3 Å². The molecule has 3 heteroatoms. The summed E-state index contributed by atoms with van der Waals surface area (Å²) in [6, 6.07) is 4.12. The van der Waals surface area contributed by atoms with Crippen LogP contribution in [0, 0.1) is 16.7 Å². The molecule has 0 amide bonds. The van der Waals surface area contributed by atoms with E-state index in [1.165, 1.54) is 0 Å². The lowest BCUT2D eigenvalue weighted by molar-refractivity contribution is 0.498. The van der Waals surface area contributed by atoms with Crippen molar-refractivity contribution in [3.63, 3.8) is 0 Å². The fourth-order valence-electron chi connectivity index (χ4n) is 0.892. The highest BCUT2D eigenvalue weighted by Crippen LogP contribution is 2.29. The van der Waals surface area contributed by atoms with E-state index in [0.717, 1.165) is 16.3 Å². The van der Waals surface area contributed by atoms with Gasteiger partial charge in [-0.3, -0.25) is 0 Å². The Morgan fingerprint density at radius 2 is 2.33 bits per heavy atom. The van der Waals surface area contributed by atoms with Gasteiger partial charge < -0.3 is 0 Å². The zero-order valence-corrected chi connectivity index (χ0v) is 8.67. The lowest BCUT2D eigenvalue weighted by atomic mass is 9.91. The lowest BCUT2D eigenvalue weighted by Gasteiger charge is -2.13. The van der Waals surface area contributed by atoms with Crippen molar-refractivity contribution in [2.45, 2.75) is 20.3 Å². The van der Waals surface area contributed by atoms with E-state index in [1.54, 1.807) is 11.3 Å². The summed E-state index contributed by atoms with van der Waals surface area (Å²) < 4.78 is 0. The smallest absolute Gasteiger partial charge is 0.0687 e. The van der Waals surface area contributed by atoms with Crippen LogP contribution in [0.4, 0.5) is 0 Å². The Morgan fingerprint density at radius 3 is 2.75 bits per heavy atom. The standard InChI is InChI=1S/C9H10ClNS/c1-9(2,6-11)5-8-7(10)3-4-12-8/h3-4H,5H2,1-2H3. The van der Waals surface area contributed by atoms with Gasteiger partial charge in [0.25, 0.3) is 0 Å². The minimum absolute atomic E-state index is 0.311. The van der Waals surface area contributed by atoms with E-state index in [4.69, 9.17) is 16.9 Å². The molecule has 0 fully saturated rings. The SMILES string of the molecule is CC(C)(C#N)Cc1sccc1Cl. The molecule has 1 nitrogen and oxygen atoms in total. The number of halogens is 1. The number of thiophene rings is 1. The van der Waals surface area contributed by atoms with Gasteiger partial charge >= 0.3 is 0 Å². The number of nitriles is 1. The summed E-state index contributed by atoms with van der Waals surface area (Å²) in [4.78, 5) is 1.10. The maximum absolute atomic E-state index is 8.80. The molecule has 0 radical (unpaired) electrons. The predicted octanol–water partition coefficient (Wildman–Crippen LogP) is 3.49. The Balaban J connectivity index is 2.78. The summed E-state index contributed by atoms with van der Waals surface area (Å²) in [6.45, 7) is 3.84. The summed E-state index contributed by atoms with van der Waals surface area (Å²) in [7, 11) is 0. The van der Waals surface area contributed by atoms with Gasteiger partial charge in [-0.15, -0.1) is 11.3 Å². The third kappa shape index (κ3) is 2.23. The van der Waals surface area contributed by atoms with E-state index in [0.29, 0.717) is 0 Å². The first-order valence-corrected chi connectivity index (χ1v) is 4.94. The molecule has 1 heterocycles. The second-order valence-electron chi connectivity index (χ2n) is 3.36. The molecule has 12 heavy (non-hydrogen) atoms. The minimum Gasteiger partial charge on any atom is -0.198 e. The molecule has 0 saturated heterocycles. The van der Waals surface area contributed by atoms with Crippen LogP contribution in [-0.4, -0.2) is 0 Å². The maximum Gasteiger partial charge on any atom is 0.0687 e. The molecule has 64 valence electrons. The molecule has 1 rings (SSSR count). The molecule has 0 spiro atoms. The molecule has 1 aromatic heterocycles. The summed E-state index contributed by atoms with van der Waals surface area (Å²) in [5.74, 6) is 0. The molecule has 0 unspecified atom stereocenters. The van der Waals surface area contributed by atoms with Crippen LogP contribution >= 0.6 is 22.9 Å². The summed E-state index contributed by atoms with van der Waals surface area (Å²) in [6.07, 6.45) is 0.736. The van der Waals surface area contributed by atoms with Gasteiger partial charge in [0.2, 0.25) is 0 Å². The van der Waals surface area contributed by atoms with Crippen LogP contribution in [0.5, 0.6) is 0 Å². The fourth-order valence-corrected chi connectivity index (χ4v) is 2.22. The Kier molecular flexibility index (Phi) is 2.76. The van der Waals surface area contributed by atoms with Gasteiger partial charge in [0, 0.05) is 11.3 Å². The second-order valence-corrected chi connectivity index (χ2v) is 4.77. The van der Waals surface area contributed by atoms with E-state index < -0.39 is 0 Å². The Morgan fingerprint density at radius 1 is 1.67 bits per heavy atom. The highest BCUT2D eigenvalue weighted by atomic mass is 35.5. The number of rotatable bonds is 2. The minimum atomic E-state index is -0.311. The van der Waals surface area contributed by atoms with Gasteiger partial charge in [0.05, 0.1) is 16.5 Å². The summed E-state index contributed by atoms with van der Waals surface area (Å²) >= 11 is 7.51. The van der Waals surface area contributed by atoms with Gasteiger partial charge in [0.15, 0.2) is 0 Å². The number of nitrogens with zero attached hydrogens (tertiary/aromatic N) is 1. The van der Waals surface area contributed by atoms with Crippen molar-refractivity contribution in [1.82, 2.24) is 0 Å². The van der Waals surface area contributed by atoms with Crippen LogP contribution in [0.3, 0.4) is 0 Å². The van der Waals surface area contributed by atoms with Crippen LogP contribution in [0.1, 0.15) is 18.7 Å². The molecule has 0 aliphatic carbocycles. The first kappa shape index (κ1) is 9.57. The van der Waals surface area contributed by atoms with E-state index in [-0.39, 0.29) is 5.41 Å². The largest absolute Gasteiger partial charge is 0.198 e. The Bertz CT molecular complexity index is 309. The van der Waals surface area contributed by atoms with Crippen LogP contribution in [0.2, 0.25) is 5.02 Å². The lowest BCUT2D eigenvalue weighted by Crippen LogP contribution is -2.10. The van der Waals surface area contributed by atoms with Crippen molar-refractivity contribution in [2.24, 2.45) is 5.41 Å². The van der Waals surface area contributed by atoms with Crippen molar-refractivity contribution in [3.8, 4) is 6.07 Å². The van der Waals surface area contributed by atoms with Gasteiger partial charge in [-0.1, -0.05) is 11.6 Å². The van der Waals surface area contributed by atoms with Crippen molar-refractivity contribution in [2.75, 3.05) is 0 Å². The molecule has 0 aromatic carbocycles. The quantitative estimate of drug-likeness (QED) is 0.716. The van der Waals surface area contributed by atoms with Crippen molar-refractivity contribution >= 4 is 22.9 Å². The molecule has 0 saturated carbocycles. The molecular weight excluding hydrogens is 190 g/mol. The van der Waals surface area contributed by atoms with Crippen LogP contribution in [0.15, 0.2) is 11.4 Å². The van der Waals surface area contributed by atoms with Crippen LogP contribution in [0.25, 0.3) is 0 Å². The zero-order chi connectivity index (χ0) is 9.19. The first-order valence-electron chi connectivity index (χ1n) is 3.68. The predicted molar refractivity (Wildman–Crippen MR) is 52.4 cm³/mol. The zero-order valence-electron chi connectivity index (χ0n) is 7.10. The fraction of sp³-hybridized carbons (Fsp3) is 0.444. The van der Waals surface area contributed by atoms with Crippen molar-refractivity contribution < 1.29 is 0 Å². The average Bonchev–Trinajstić information content (AvgIpc) is 2.36. The highest BCUT2D eigenvalue weighted by Gasteiger charge is 2.19. The summed E-state index contributed by atoms with van der Waals surface area (Å²) in [5, 5.41) is 11.5. The first-order chi connectivity index (χ1) is 5.55. The Labute approximate surface area is 81.6 Å². The van der Waals surface area contributed by atoms with Gasteiger partial charge in [-0.25, -0.2) is 0 Å². The molecule has 0 bridgehead atoms. The van der Waals surface area contributed by atoms with Gasteiger partial charge in [0.1, 0.15) is 0 Å². The van der Waals surface area contributed by atoms with E-state index in [1.807, 2.05) is 25.3 Å². The van der Waals surface area contributed by atoms with Crippen LogP contribution in [-0.2, 0) is 6.42 Å².